The zero-order valence-corrected chi connectivity index (χ0v) is 12.7. The van der Waals surface area contributed by atoms with E-state index < -0.39 is 5.41 Å². The Bertz CT molecular complexity index is 547. The average Bonchev–Trinajstić information content (AvgIpc) is 2.53. The zero-order chi connectivity index (χ0) is 16.2. The van der Waals surface area contributed by atoms with Crippen LogP contribution in [-0.4, -0.2) is 36.4 Å². The fraction of sp³-hybridized carbons (Fsp3) is 0.500. The summed E-state index contributed by atoms with van der Waals surface area (Å²) in [4.78, 5) is 25.6. The van der Waals surface area contributed by atoms with Crippen LogP contribution in [0.25, 0.3) is 0 Å². The van der Waals surface area contributed by atoms with E-state index in [-0.39, 0.29) is 24.2 Å². The molecule has 1 aliphatic rings. The molecular weight excluding hydrogens is 287 g/mol. The molecule has 0 spiro atoms. The van der Waals surface area contributed by atoms with E-state index in [1.54, 1.807) is 4.90 Å². The molecule has 5 nitrogen and oxygen atoms in total. The Labute approximate surface area is 129 Å². The summed E-state index contributed by atoms with van der Waals surface area (Å²) in [5.41, 5.74) is 4.88. The number of carbonyl (C=O) groups is 2. The third kappa shape index (κ3) is 3.55. The maximum absolute atomic E-state index is 12.8. The SMILES string of the molecule is CCC1(C(N)=O)CCCN(C(=O)COc2ccc(F)cc2)C1. The first kappa shape index (κ1) is 16.3. The largest absolute Gasteiger partial charge is 0.484 e. The van der Waals surface area contributed by atoms with Crippen LogP contribution >= 0.6 is 0 Å². The highest BCUT2D eigenvalue weighted by Crippen LogP contribution is 2.33. The van der Waals surface area contributed by atoms with Crippen molar-refractivity contribution in [3.8, 4) is 5.75 Å². The van der Waals surface area contributed by atoms with Gasteiger partial charge in [0.15, 0.2) is 6.61 Å². The molecule has 0 aromatic heterocycles. The van der Waals surface area contributed by atoms with Gasteiger partial charge in [0.25, 0.3) is 5.91 Å². The molecule has 1 atom stereocenters. The number of carbonyl (C=O) groups excluding carboxylic acids is 2. The van der Waals surface area contributed by atoms with Gasteiger partial charge < -0.3 is 15.4 Å². The van der Waals surface area contributed by atoms with Gasteiger partial charge >= 0.3 is 0 Å². The minimum Gasteiger partial charge on any atom is -0.484 e. The maximum atomic E-state index is 12.8. The number of hydrogen-bond acceptors (Lipinski definition) is 3. The Morgan fingerprint density at radius 1 is 1.36 bits per heavy atom. The van der Waals surface area contributed by atoms with E-state index in [0.29, 0.717) is 31.7 Å². The van der Waals surface area contributed by atoms with E-state index in [4.69, 9.17) is 10.5 Å². The second kappa shape index (κ2) is 6.77. The Hall–Kier alpha value is -2.11. The summed E-state index contributed by atoms with van der Waals surface area (Å²) in [6, 6.07) is 5.49. The van der Waals surface area contributed by atoms with Gasteiger partial charge in [0.1, 0.15) is 11.6 Å². The number of piperidine rings is 1. The van der Waals surface area contributed by atoms with E-state index in [2.05, 4.69) is 0 Å². The molecule has 0 saturated carbocycles. The fourth-order valence-corrected chi connectivity index (χ4v) is 2.78. The lowest BCUT2D eigenvalue weighted by Crippen LogP contribution is -2.52. The van der Waals surface area contributed by atoms with Crippen molar-refractivity contribution in [2.45, 2.75) is 26.2 Å². The van der Waals surface area contributed by atoms with Gasteiger partial charge in [0.2, 0.25) is 5.91 Å². The lowest BCUT2D eigenvalue weighted by molar-refractivity contribution is -0.141. The summed E-state index contributed by atoms with van der Waals surface area (Å²) >= 11 is 0. The molecule has 120 valence electrons. The van der Waals surface area contributed by atoms with Crippen LogP contribution in [0.2, 0.25) is 0 Å². The van der Waals surface area contributed by atoms with Crippen LogP contribution in [0.1, 0.15) is 26.2 Å². The van der Waals surface area contributed by atoms with Gasteiger partial charge in [-0.25, -0.2) is 4.39 Å². The van der Waals surface area contributed by atoms with Crippen molar-refractivity contribution < 1.29 is 18.7 Å². The number of nitrogens with zero attached hydrogens (tertiary/aromatic N) is 1. The normalized spacial score (nSPS) is 21.5. The van der Waals surface area contributed by atoms with E-state index in [1.807, 2.05) is 6.92 Å². The summed E-state index contributed by atoms with van der Waals surface area (Å²) in [6.45, 7) is 2.71. The minimum absolute atomic E-state index is 0.135. The average molecular weight is 308 g/mol. The van der Waals surface area contributed by atoms with E-state index in [0.717, 1.165) is 6.42 Å². The standard InChI is InChI=1S/C16H21FN2O3/c1-2-16(15(18)21)8-3-9-19(11-16)14(20)10-22-13-6-4-12(17)5-7-13/h4-7H,2-3,8-11H2,1H3,(H2,18,21). The molecule has 2 rings (SSSR count). The van der Waals surface area contributed by atoms with E-state index in [1.165, 1.54) is 24.3 Å². The number of ether oxygens (including phenoxy) is 1. The Morgan fingerprint density at radius 2 is 2.05 bits per heavy atom. The molecule has 1 saturated heterocycles. The van der Waals surface area contributed by atoms with Crippen molar-refractivity contribution in [1.82, 2.24) is 4.90 Å². The summed E-state index contributed by atoms with van der Waals surface area (Å²) in [5, 5.41) is 0. The molecule has 1 aliphatic heterocycles. The molecule has 0 bridgehead atoms. The van der Waals surface area contributed by atoms with Crippen molar-refractivity contribution in [1.29, 1.82) is 0 Å². The minimum atomic E-state index is -0.635. The van der Waals surface area contributed by atoms with Crippen LogP contribution in [0.3, 0.4) is 0 Å². The number of halogens is 1. The summed E-state index contributed by atoms with van der Waals surface area (Å²) < 4.78 is 18.2. The van der Waals surface area contributed by atoms with Crippen LogP contribution in [-0.2, 0) is 9.59 Å². The zero-order valence-electron chi connectivity index (χ0n) is 12.7. The molecule has 1 heterocycles. The lowest BCUT2D eigenvalue weighted by atomic mass is 9.77. The molecule has 1 aromatic rings. The van der Waals surface area contributed by atoms with Crippen LogP contribution in [0.15, 0.2) is 24.3 Å². The smallest absolute Gasteiger partial charge is 0.260 e. The summed E-state index contributed by atoms with van der Waals surface area (Å²) in [7, 11) is 0. The number of benzene rings is 1. The first-order valence-corrected chi connectivity index (χ1v) is 7.43. The van der Waals surface area contributed by atoms with Crippen molar-refractivity contribution in [2.24, 2.45) is 11.1 Å². The van der Waals surface area contributed by atoms with E-state index in [9.17, 15) is 14.0 Å². The number of amides is 2. The monoisotopic (exact) mass is 308 g/mol. The van der Waals surface area contributed by atoms with Gasteiger partial charge in [0, 0.05) is 13.1 Å². The van der Waals surface area contributed by atoms with Crippen molar-refractivity contribution in [3.63, 3.8) is 0 Å². The van der Waals surface area contributed by atoms with E-state index >= 15 is 0 Å². The third-order valence-corrected chi connectivity index (χ3v) is 4.31. The number of likely N-dealkylation sites (tertiary alicyclic amines) is 1. The second-order valence-corrected chi connectivity index (χ2v) is 5.66. The van der Waals surface area contributed by atoms with Gasteiger partial charge in [0.05, 0.1) is 5.41 Å². The molecule has 2 N–H and O–H groups in total. The molecule has 1 fully saturated rings. The molecule has 0 radical (unpaired) electrons. The first-order chi connectivity index (χ1) is 10.5. The highest BCUT2D eigenvalue weighted by atomic mass is 19.1. The molecule has 1 aromatic carbocycles. The number of hydrogen-bond donors (Lipinski definition) is 1. The maximum Gasteiger partial charge on any atom is 0.260 e. The highest BCUT2D eigenvalue weighted by Gasteiger charge is 2.40. The van der Waals surface area contributed by atoms with Gasteiger partial charge in [-0.05, 0) is 43.5 Å². The Balaban J connectivity index is 1.94. The summed E-state index contributed by atoms with van der Waals surface area (Å²) in [5.74, 6) is -0.470. The molecule has 2 amide bonds. The topological polar surface area (TPSA) is 72.6 Å². The van der Waals surface area contributed by atoms with Crippen LogP contribution < -0.4 is 10.5 Å². The van der Waals surface area contributed by atoms with Gasteiger partial charge in [-0.1, -0.05) is 6.92 Å². The predicted octanol–water partition coefficient (Wildman–Crippen LogP) is 1.71. The number of rotatable bonds is 5. The van der Waals surface area contributed by atoms with Crippen molar-refractivity contribution in [2.75, 3.05) is 19.7 Å². The molecule has 6 heteroatoms. The van der Waals surface area contributed by atoms with Gasteiger partial charge in [-0.3, -0.25) is 9.59 Å². The number of nitrogens with two attached hydrogens (primary N) is 1. The molecular formula is C16H21FN2O3. The summed E-state index contributed by atoms with van der Waals surface area (Å²) in [6.07, 6.45) is 2.07. The van der Waals surface area contributed by atoms with Crippen LogP contribution in [0.5, 0.6) is 5.75 Å². The third-order valence-electron chi connectivity index (χ3n) is 4.31. The van der Waals surface area contributed by atoms with Crippen molar-refractivity contribution >= 4 is 11.8 Å². The Kier molecular flexibility index (Phi) is 5.00. The van der Waals surface area contributed by atoms with Crippen LogP contribution in [0, 0.1) is 11.2 Å². The molecule has 0 aliphatic carbocycles. The second-order valence-electron chi connectivity index (χ2n) is 5.66. The number of primary amides is 1. The fourth-order valence-electron chi connectivity index (χ4n) is 2.78. The Morgan fingerprint density at radius 3 is 2.64 bits per heavy atom. The predicted molar refractivity (Wildman–Crippen MR) is 79.6 cm³/mol. The molecule has 1 unspecified atom stereocenters. The van der Waals surface area contributed by atoms with Crippen molar-refractivity contribution in [3.05, 3.63) is 30.1 Å². The van der Waals surface area contributed by atoms with Gasteiger partial charge in [-0.2, -0.15) is 0 Å². The first-order valence-electron chi connectivity index (χ1n) is 7.43. The lowest BCUT2D eigenvalue weighted by Gasteiger charge is -2.40. The molecule has 22 heavy (non-hydrogen) atoms. The quantitative estimate of drug-likeness (QED) is 0.900. The van der Waals surface area contributed by atoms with Crippen LogP contribution in [0.4, 0.5) is 4.39 Å². The highest BCUT2D eigenvalue weighted by molar-refractivity contribution is 5.83. The van der Waals surface area contributed by atoms with Gasteiger partial charge in [-0.15, -0.1) is 0 Å².